The summed E-state index contributed by atoms with van der Waals surface area (Å²) in [6, 6.07) is 16.6. The van der Waals surface area contributed by atoms with Crippen molar-refractivity contribution in [2.75, 3.05) is 16.8 Å². The number of nitrogens with zero attached hydrogens (tertiary/aromatic N) is 4. The molecule has 0 unspecified atom stereocenters. The van der Waals surface area contributed by atoms with Crippen molar-refractivity contribution in [3.8, 4) is 0 Å². The molecule has 1 aliphatic rings. The number of hydrogen-bond acceptors (Lipinski definition) is 5. The minimum Gasteiger partial charge on any atom is -0.339 e. The van der Waals surface area contributed by atoms with E-state index in [1.54, 1.807) is 6.20 Å². The molecule has 0 amide bonds. The number of aryl methyl sites for hydroxylation is 2. The Morgan fingerprint density at radius 2 is 1.88 bits per heavy atom. The van der Waals surface area contributed by atoms with Crippen LogP contribution in [0.15, 0.2) is 54.7 Å². The van der Waals surface area contributed by atoms with Crippen molar-refractivity contribution in [3.05, 3.63) is 65.9 Å². The van der Waals surface area contributed by atoms with Gasteiger partial charge in [-0.2, -0.15) is 10.1 Å². The van der Waals surface area contributed by atoms with Crippen LogP contribution in [0.3, 0.4) is 0 Å². The lowest BCUT2D eigenvalue weighted by molar-refractivity contribution is 0.742. The summed E-state index contributed by atoms with van der Waals surface area (Å²) < 4.78 is 0. The van der Waals surface area contributed by atoms with Crippen molar-refractivity contribution in [1.82, 2.24) is 15.2 Å². The maximum Gasteiger partial charge on any atom is 0.251 e. The maximum absolute atomic E-state index is 4.65. The van der Waals surface area contributed by atoms with Gasteiger partial charge in [0.2, 0.25) is 0 Å². The molecule has 0 radical (unpaired) electrons. The van der Waals surface area contributed by atoms with Gasteiger partial charge in [0.25, 0.3) is 5.95 Å². The van der Waals surface area contributed by atoms with Crippen LogP contribution in [0.4, 0.5) is 23.1 Å². The number of para-hydroxylation sites is 1. The van der Waals surface area contributed by atoms with Gasteiger partial charge in [-0.1, -0.05) is 35.9 Å². The summed E-state index contributed by atoms with van der Waals surface area (Å²) in [6.45, 7) is 2.98. The maximum atomic E-state index is 4.65. The van der Waals surface area contributed by atoms with E-state index in [4.69, 9.17) is 0 Å². The molecule has 3 aromatic rings. The molecule has 0 saturated heterocycles. The third-order valence-electron chi connectivity index (χ3n) is 4.22. The van der Waals surface area contributed by atoms with Gasteiger partial charge in [-0.15, -0.1) is 5.10 Å². The van der Waals surface area contributed by atoms with Gasteiger partial charge in [0, 0.05) is 17.9 Å². The molecule has 0 bridgehead atoms. The molecular formula is C19H19N5. The van der Waals surface area contributed by atoms with Gasteiger partial charge < -0.3 is 10.2 Å². The topological polar surface area (TPSA) is 53.9 Å². The van der Waals surface area contributed by atoms with Crippen LogP contribution in [-0.2, 0) is 6.42 Å². The van der Waals surface area contributed by atoms with Crippen molar-refractivity contribution in [3.63, 3.8) is 0 Å². The van der Waals surface area contributed by atoms with Crippen LogP contribution in [0.2, 0.25) is 0 Å². The number of rotatable bonds is 3. The number of benzene rings is 2. The predicted molar refractivity (Wildman–Crippen MR) is 96.1 cm³/mol. The number of hydrogen-bond donors (Lipinski definition) is 1. The lowest BCUT2D eigenvalue weighted by Gasteiger charge is -2.29. The van der Waals surface area contributed by atoms with Gasteiger partial charge in [0.1, 0.15) is 0 Å². The number of anilines is 4. The zero-order chi connectivity index (χ0) is 16.4. The molecule has 0 aliphatic carbocycles. The average molecular weight is 317 g/mol. The van der Waals surface area contributed by atoms with Gasteiger partial charge in [-0.25, -0.2) is 0 Å². The largest absolute Gasteiger partial charge is 0.339 e. The Morgan fingerprint density at radius 3 is 2.75 bits per heavy atom. The predicted octanol–water partition coefficient (Wildman–Crippen LogP) is 4.01. The van der Waals surface area contributed by atoms with Crippen molar-refractivity contribution in [1.29, 1.82) is 0 Å². The summed E-state index contributed by atoms with van der Waals surface area (Å²) in [5.74, 6) is 1.34. The molecule has 1 N–H and O–H groups in total. The van der Waals surface area contributed by atoms with E-state index in [1.807, 2.05) is 12.1 Å². The third-order valence-corrected chi connectivity index (χ3v) is 4.22. The summed E-state index contributed by atoms with van der Waals surface area (Å²) >= 11 is 0. The molecule has 5 heteroatoms. The molecule has 1 aromatic heterocycles. The van der Waals surface area contributed by atoms with Crippen LogP contribution in [0.5, 0.6) is 0 Å². The lowest BCUT2D eigenvalue weighted by atomic mass is 10.0. The molecule has 0 fully saturated rings. The first-order chi connectivity index (χ1) is 11.8. The molecule has 2 heterocycles. The molecule has 0 saturated carbocycles. The molecule has 1 aliphatic heterocycles. The first kappa shape index (κ1) is 14.6. The van der Waals surface area contributed by atoms with Crippen LogP contribution in [-0.4, -0.2) is 21.7 Å². The summed E-state index contributed by atoms with van der Waals surface area (Å²) in [4.78, 5) is 6.80. The van der Waals surface area contributed by atoms with E-state index in [0.717, 1.165) is 25.1 Å². The Bertz CT molecular complexity index is 844. The highest BCUT2D eigenvalue weighted by Crippen LogP contribution is 2.31. The number of aromatic nitrogens is 3. The fourth-order valence-corrected chi connectivity index (χ4v) is 2.99. The van der Waals surface area contributed by atoms with Gasteiger partial charge in [0.05, 0.1) is 6.20 Å². The first-order valence-corrected chi connectivity index (χ1v) is 8.18. The Labute approximate surface area is 141 Å². The average Bonchev–Trinajstić information content (AvgIpc) is 2.63. The fraction of sp³-hybridized carbons (Fsp3) is 0.211. The Balaban J connectivity index is 1.62. The Kier molecular flexibility index (Phi) is 3.83. The van der Waals surface area contributed by atoms with E-state index in [2.05, 4.69) is 68.7 Å². The minimum atomic E-state index is 0.638. The molecule has 120 valence electrons. The van der Waals surface area contributed by atoms with Crippen LogP contribution in [0.25, 0.3) is 0 Å². The highest BCUT2D eigenvalue weighted by molar-refractivity contribution is 5.64. The van der Waals surface area contributed by atoms with Crippen LogP contribution < -0.4 is 10.2 Å². The molecule has 4 rings (SSSR count). The SMILES string of the molecule is Cc1ccc(Nc2cnnc(N3CCCc4ccccc43)n2)cc1. The Hall–Kier alpha value is -2.95. The second-order valence-corrected chi connectivity index (χ2v) is 6.02. The van der Waals surface area contributed by atoms with E-state index >= 15 is 0 Å². The van der Waals surface area contributed by atoms with E-state index in [0.29, 0.717) is 11.8 Å². The second kappa shape index (κ2) is 6.28. The van der Waals surface area contributed by atoms with E-state index in [-0.39, 0.29) is 0 Å². The molecule has 5 nitrogen and oxygen atoms in total. The molecule has 0 atom stereocenters. The van der Waals surface area contributed by atoms with Crippen LogP contribution >= 0.6 is 0 Å². The summed E-state index contributed by atoms with van der Waals surface area (Å²) in [7, 11) is 0. The highest BCUT2D eigenvalue weighted by atomic mass is 15.3. The standard InChI is InChI=1S/C19H19N5/c1-14-8-10-16(11-9-14)21-18-13-20-23-19(22-18)24-12-4-6-15-5-2-3-7-17(15)24/h2-3,5,7-11,13H,4,6,12H2,1H3,(H,21,22,23). The van der Waals surface area contributed by atoms with Gasteiger partial charge in [-0.05, 0) is 43.5 Å². The van der Waals surface area contributed by atoms with E-state index < -0.39 is 0 Å². The van der Waals surface area contributed by atoms with Crippen molar-refractivity contribution in [2.24, 2.45) is 0 Å². The first-order valence-electron chi connectivity index (χ1n) is 8.18. The third kappa shape index (κ3) is 2.93. The lowest BCUT2D eigenvalue weighted by Crippen LogP contribution is -2.26. The number of nitrogens with one attached hydrogen (secondary N) is 1. The van der Waals surface area contributed by atoms with E-state index in [9.17, 15) is 0 Å². The summed E-state index contributed by atoms with van der Waals surface area (Å²) in [6.07, 6.45) is 3.84. The van der Waals surface area contributed by atoms with Gasteiger partial charge in [-0.3, -0.25) is 0 Å². The zero-order valence-electron chi connectivity index (χ0n) is 13.6. The summed E-state index contributed by atoms with van der Waals surface area (Å²) in [5.41, 5.74) is 4.74. The van der Waals surface area contributed by atoms with Crippen molar-refractivity contribution < 1.29 is 0 Å². The quantitative estimate of drug-likeness (QED) is 0.791. The van der Waals surface area contributed by atoms with Crippen LogP contribution in [0, 0.1) is 6.92 Å². The molecule has 0 spiro atoms. The molecular weight excluding hydrogens is 298 g/mol. The minimum absolute atomic E-state index is 0.638. The van der Waals surface area contributed by atoms with Crippen molar-refractivity contribution >= 4 is 23.1 Å². The zero-order valence-corrected chi connectivity index (χ0v) is 13.6. The normalized spacial score (nSPS) is 13.5. The Morgan fingerprint density at radius 1 is 1.04 bits per heavy atom. The molecule has 24 heavy (non-hydrogen) atoms. The van der Waals surface area contributed by atoms with Crippen LogP contribution in [0.1, 0.15) is 17.5 Å². The second-order valence-electron chi connectivity index (χ2n) is 6.02. The fourth-order valence-electron chi connectivity index (χ4n) is 2.99. The van der Waals surface area contributed by atoms with Gasteiger partial charge in [0.15, 0.2) is 5.82 Å². The van der Waals surface area contributed by atoms with Crippen molar-refractivity contribution in [2.45, 2.75) is 19.8 Å². The number of fused-ring (bicyclic) bond motifs is 1. The van der Waals surface area contributed by atoms with Gasteiger partial charge >= 0.3 is 0 Å². The smallest absolute Gasteiger partial charge is 0.251 e. The highest BCUT2D eigenvalue weighted by Gasteiger charge is 2.20. The summed E-state index contributed by atoms with van der Waals surface area (Å²) in [5, 5.41) is 11.7. The molecule has 2 aromatic carbocycles. The van der Waals surface area contributed by atoms with E-state index in [1.165, 1.54) is 16.8 Å². The monoisotopic (exact) mass is 317 g/mol.